The third-order valence-corrected chi connectivity index (χ3v) is 6.36. The minimum Gasteiger partial charge on any atom is -0.372 e. The average Bonchev–Trinajstić information content (AvgIpc) is 3.33. The molecule has 1 aliphatic heterocycles. The summed E-state index contributed by atoms with van der Waals surface area (Å²) in [5.41, 5.74) is 6.92. The van der Waals surface area contributed by atoms with Crippen molar-refractivity contribution in [1.82, 2.24) is 25.1 Å². The Balaban J connectivity index is 1.52. The number of fused-ring (bicyclic) bond motifs is 1. The summed E-state index contributed by atoms with van der Waals surface area (Å²) in [7, 11) is 0. The number of hydrogen-bond acceptors (Lipinski definition) is 7. The molecule has 2 aromatic heterocycles. The Labute approximate surface area is 203 Å². The molecule has 4 aromatic rings. The lowest BCUT2D eigenvalue weighted by molar-refractivity contribution is 0.111. The molecule has 4 N–H and O–H groups in total. The molecule has 0 bridgehead atoms. The predicted molar refractivity (Wildman–Crippen MR) is 135 cm³/mol. The van der Waals surface area contributed by atoms with Crippen molar-refractivity contribution in [2.24, 2.45) is 0 Å². The molecule has 1 unspecified atom stereocenters. The molecule has 0 radical (unpaired) electrons. The molecule has 0 amide bonds. The molecule has 0 fully saturated rings. The van der Waals surface area contributed by atoms with Gasteiger partial charge in [0.1, 0.15) is 12.0 Å². The predicted octanol–water partition coefficient (Wildman–Crippen LogP) is 4.95. The fourth-order valence-corrected chi connectivity index (χ4v) is 4.16. The van der Waals surface area contributed by atoms with Crippen LogP contribution in [0.4, 0.5) is 23.1 Å². The van der Waals surface area contributed by atoms with Crippen LogP contribution >= 0.6 is 11.6 Å². The highest BCUT2D eigenvalue weighted by Gasteiger charge is 2.15. The fourth-order valence-electron chi connectivity index (χ4n) is 3.99. The lowest BCUT2D eigenvalue weighted by Gasteiger charge is -2.19. The van der Waals surface area contributed by atoms with Crippen molar-refractivity contribution in [3.8, 4) is 11.1 Å². The second-order valence-corrected chi connectivity index (χ2v) is 8.78. The molecule has 0 saturated carbocycles. The van der Waals surface area contributed by atoms with Gasteiger partial charge in [0.25, 0.3) is 0 Å². The van der Waals surface area contributed by atoms with E-state index in [0.717, 1.165) is 47.6 Å². The van der Waals surface area contributed by atoms with Crippen LogP contribution < -0.4 is 16.0 Å². The molecule has 1 atom stereocenters. The summed E-state index contributed by atoms with van der Waals surface area (Å²) in [4.78, 5) is 9.32. The number of hydrogen-bond donors (Lipinski definition) is 4. The number of nitrogens with zero attached hydrogens (tertiary/aromatic N) is 4. The van der Waals surface area contributed by atoms with Gasteiger partial charge in [0.2, 0.25) is 5.95 Å². The maximum atomic E-state index is 9.88. The highest BCUT2D eigenvalue weighted by molar-refractivity contribution is 6.31. The van der Waals surface area contributed by atoms with Crippen LogP contribution in [0.3, 0.4) is 0 Å². The van der Waals surface area contributed by atoms with E-state index in [2.05, 4.69) is 44.2 Å². The van der Waals surface area contributed by atoms with Gasteiger partial charge in [0.15, 0.2) is 0 Å². The highest BCUT2D eigenvalue weighted by Crippen LogP contribution is 2.32. The van der Waals surface area contributed by atoms with Crippen molar-refractivity contribution in [2.45, 2.75) is 33.0 Å². The quantitative estimate of drug-likeness (QED) is 0.313. The standard InChI is InChI=1S/C25H26ClN7O/c1-15-22(26)4-3-5-23(15)31-25-28-13-21(19-12-29-33(14-19)16(2)34)24(32-25)30-20-7-6-17-8-9-27-11-18(17)10-20/h3-7,10,12-14,16,27,34H,8-9,11H2,1-2H3,(H2,28,30,31,32). The molecule has 5 rings (SSSR count). The van der Waals surface area contributed by atoms with E-state index in [-0.39, 0.29) is 0 Å². The summed E-state index contributed by atoms with van der Waals surface area (Å²) >= 11 is 6.28. The fraction of sp³-hybridized carbons (Fsp3) is 0.240. The van der Waals surface area contributed by atoms with E-state index in [9.17, 15) is 5.11 Å². The van der Waals surface area contributed by atoms with E-state index in [1.54, 1.807) is 25.5 Å². The van der Waals surface area contributed by atoms with Crippen molar-refractivity contribution >= 4 is 34.7 Å². The smallest absolute Gasteiger partial charge is 0.229 e. The summed E-state index contributed by atoms with van der Waals surface area (Å²) in [5, 5.41) is 25.0. The van der Waals surface area contributed by atoms with Crippen LogP contribution in [-0.2, 0) is 13.0 Å². The van der Waals surface area contributed by atoms with Gasteiger partial charge in [-0.2, -0.15) is 10.1 Å². The largest absolute Gasteiger partial charge is 0.372 e. The monoisotopic (exact) mass is 475 g/mol. The highest BCUT2D eigenvalue weighted by atomic mass is 35.5. The Bertz CT molecular complexity index is 1330. The number of aliphatic hydroxyl groups is 1. The molecule has 3 heterocycles. The maximum absolute atomic E-state index is 9.88. The van der Waals surface area contributed by atoms with E-state index in [4.69, 9.17) is 16.6 Å². The first-order valence-electron chi connectivity index (χ1n) is 11.2. The molecule has 9 heteroatoms. The van der Waals surface area contributed by atoms with E-state index in [1.165, 1.54) is 15.8 Å². The summed E-state index contributed by atoms with van der Waals surface area (Å²) in [6.07, 6.45) is 5.52. The molecule has 34 heavy (non-hydrogen) atoms. The minimum atomic E-state index is -0.731. The molecular formula is C25H26ClN7O. The van der Waals surface area contributed by atoms with Gasteiger partial charge in [0.05, 0.1) is 6.20 Å². The second-order valence-electron chi connectivity index (χ2n) is 8.37. The molecule has 2 aromatic carbocycles. The van der Waals surface area contributed by atoms with E-state index >= 15 is 0 Å². The van der Waals surface area contributed by atoms with Crippen LogP contribution in [0, 0.1) is 6.92 Å². The summed E-state index contributed by atoms with van der Waals surface area (Å²) < 4.78 is 1.49. The average molecular weight is 476 g/mol. The van der Waals surface area contributed by atoms with Gasteiger partial charge >= 0.3 is 0 Å². The second kappa shape index (κ2) is 9.42. The number of rotatable bonds is 6. The Morgan fingerprint density at radius 3 is 2.85 bits per heavy atom. The molecular weight excluding hydrogens is 450 g/mol. The van der Waals surface area contributed by atoms with E-state index in [0.29, 0.717) is 16.8 Å². The first-order chi connectivity index (χ1) is 16.5. The van der Waals surface area contributed by atoms with Crippen molar-refractivity contribution in [3.63, 3.8) is 0 Å². The van der Waals surface area contributed by atoms with Gasteiger partial charge in [-0.25, -0.2) is 9.67 Å². The van der Waals surface area contributed by atoms with Crippen LogP contribution in [0.1, 0.15) is 29.8 Å². The molecule has 0 aliphatic carbocycles. The number of halogens is 1. The van der Waals surface area contributed by atoms with E-state index in [1.807, 2.05) is 25.1 Å². The topological polar surface area (TPSA) is 99.9 Å². The summed E-state index contributed by atoms with van der Waals surface area (Å²) in [6.45, 7) is 5.46. The first-order valence-corrected chi connectivity index (χ1v) is 11.6. The Morgan fingerprint density at radius 1 is 1.15 bits per heavy atom. The third kappa shape index (κ3) is 4.61. The van der Waals surface area contributed by atoms with Gasteiger partial charge in [-0.3, -0.25) is 0 Å². The zero-order chi connectivity index (χ0) is 23.7. The normalized spacial score (nSPS) is 13.9. The van der Waals surface area contributed by atoms with Gasteiger partial charge < -0.3 is 21.1 Å². The number of aliphatic hydroxyl groups excluding tert-OH is 1. The lowest BCUT2D eigenvalue weighted by atomic mass is 10.0. The molecule has 0 spiro atoms. The van der Waals surface area contributed by atoms with Crippen molar-refractivity contribution in [3.05, 3.63) is 76.7 Å². The van der Waals surface area contributed by atoms with Gasteiger partial charge in [-0.05, 0) is 67.8 Å². The van der Waals surface area contributed by atoms with Gasteiger partial charge in [-0.1, -0.05) is 23.7 Å². The van der Waals surface area contributed by atoms with Gasteiger partial charge in [-0.15, -0.1) is 0 Å². The van der Waals surface area contributed by atoms with Crippen molar-refractivity contribution < 1.29 is 5.11 Å². The van der Waals surface area contributed by atoms with Crippen LogP contribution in [0.25, 0.3) is 11.1 Å². The van der Waals surface area contributed by atoms with Crippen molar-refractivity contribution in [1.29, 1.82) is 0 Å². The Morgan fingerprint density at radius 2 is 2.03 bits per heavy atom. The zero-order valence-electron chi connectivity index (χ0n) is 19.0. The molecule has 174 valence electrons. The lowest BCUT2D eigenvalue weighted by Crippen LogP contribution is -2.23. The minimum absolute atomic E-state index is 0.444. The van der Waals surface area contributed by atoms with Crippen LogP contribution in [-0.4, -0.2) is 31.4 Å². The van der Waals surface area contributed by atoms with Crippen LogP contribution in [0.15, 0.2) is 55.0 Å². The number of benzene rings is 2. The van der Waals surface area contributed by atoms with Gasteiger partial charge in [0, 0.05) is 46.5 Å². The zero-order valence-corrected chi connectivity index (χ0v) is 19.8. The molecule has 8 nitrogen and oxygen atoms in total. The number of aromatic nitrogens is 4. The Hall–Kier alpha value is -3.46. The summed E-state index contributed by atoms with van der Waals surface area (Å²) in [6, 6.07) is 12.1. The maximum Gasteiger partial charge on any atom is 0.229 e. The number of anilines is 4. The Kier molecular flexibility index (Phi) is 6.19. The molecule has 1 aliphatic rings. The van der Waals surface area contributed by atoms with E-state index < -0.39 is 6.23 Å². The third-order valence-electron chi connectivity index (χ3n) is 5.95. The van der Waals surface area contributed by atoms with Crippen LogP contribution in [0.2, 0.25) is 5.02 Å². The van der Waals surface area contributed by atoms with Crippen LogP contribution in [0.5, 0.6) is 0 Å². The molecule has 0 saturated heterocycles. The van der Waals surface area contributed by atoms with Crippen molar-refractivity contribution in [2.75, 3.05) is 17.2 Å². The SMILES string of the molecule is Cc1c(Cl)cccc1Nc1ncc(-c2cnn(C(C)O)c2)c(Nc2ccc3c(c2)CNCC3)n1. The number of nitrogens with one attached hydrogen (secondary N) is 3. The first kappa shape index (κ1) is 22.3. The summed E-state index contributed by atoms with van der Waals surface area (Å²) in [5.74, 6) is 1.07.